The Balaban J connectivity index is 1.26. The van der Waals surface area contributed by atoms with E-state index >= 15 is 0 Å². The van der Waals surface area contributed by atoms with Crippen LogP contribution in [0.3, 0.4) is 0 Å². The number of fused-ring (bicyclic) bond motifs is 2. The molecular formula is C23H31N5O4. The summed E-state index contributed by atoms with van der Waals surface area (Å²) in [6.07, 6.45) is 4.76. The molecule has 3 aliphatic rings. The summed E-state index contributed by atoms with van der Waals surface area (Å²) in [6, 6.07) is 5.76. The first-order valence-electron chi connectivity index (χ1n) is 11.3. The van der Waals surface area contributed by atoms with Gasteiger partial charge in [0.2, 0.25) is 0 Å². The van der Waals surface area contributed by atoms with Crippen LogP contribution in [0.5, 0.6) is 0 Å². The molecule has 172 valence electrons. The van der Waals surface area contributed by atoms with E-state index in [9.17, 15) is 9.59 Å². The van der Waals surface area contributed by atoms with Crippen molar-refractivity contribution in [3.8, 4) is 6.07 Å². The van der Waals surface area contributed by atoms with Gasteiger partial charge in [0, 0.05) is 50.3 Å². The molecule has 4 atom stereocenters. The highest BCUT2D eigenvalue weighted by Crippen LogP contribution is 2.38. The van der Waals surface area contributed by atoms with Crippen molar-refractivity contribution in [2.45, 2.75) is 82.7 Å². The molecule has 0 aliphatic carbocycles. The average Bonchev–Trinajstić information content (AvgIpc) is 3.30. The van der Waals surface area contributed by atoms with Crippen LogP contribution in [-0.2, 0) is 9.47 Å². The Hall–Kier alpha value is -3.02. The van der Waals surface area contributed by atoms with E-state index in [-0.39, 0.29) is 36.4 Å². The summed E-state index contributed by atoms with van der Waals surface area (Å²) < 4.78 is 11.4. The zero-order valence-corrected chi connectivity index (χ0v) is 18.9. The predicted molar refractivity (Wildman–Crippen MR) is 117 cm³/mol. The van der Waals surface area contributed by atoms with Crippen molar-refractivity contribution in [1.82, 2.24) is 14.8 Å². The minimum atomic E-state index is -0.520. The first-order valence-corrected chi connectivity index (χ1v) is 11.3. The van der Waals surface area contributed by atoms with Gasteiger partial charge < -0.3 is 24.6 Å². The van der Waals surface area contributed by atoms with Gasteiger partial charge in [-0.3, -0.25) is 0 Å². The average molecular weight is 442 g/mol. The molecule has 1 unspecified atom stereocenters. The Labute approximate surface area is 188 Å². The number of carbonyl (C=O) groups excluding carboxylic acids is 2. The zero-order chi connectivity index (χ0) is 22.9. The van der Waals surface area contributed by atoms with Crippen molar-refractivity contribution < 1.29 is 19.1 Å². The summed E-state index contributed by atoms with van der Waals surface area (Å²) in [7, 11) is 0. The molecule has 3 aliphatic heterocycles. The topological polar surface area (TPSA) is 108 Å². The Bertz CT molecular complexity index is 877. The highest BCUT2D eigenvalue weighted by molar-refractivity contribution is 5.70. The van der Waals surface area contributed by atoms with Crippen LogP contribution < -0.4 is 5.32 Å². The molecule has 9 heteroatoms. The van der Waals surface area contributed by atoms with Gasteiger partial charge in [-0.25, -0.2) is 14.6 Å². The second-order valence-electron chi connectivity index (χ2n) is 9.87. The number of ether oxygens (including phenoxy) is 2. The molecule has 1 aromatic rings. The number of piperidine rings is 1. The van der Waals surface area contributed by atoms with Gasteiger partial charge in [-0.15, -0.1) is 0 Å². The third-order valence-corrected chi connectivity index (χ3v) is 6.25. The van der Waals surface area contributed by atoms with Crippen LogP contribution in [0.4, 0.5) is 15.4 Å². The van der Waals surface area contributed by atoms with Gasteiger partial charge >= 0.3 is 12.2 Å². The van der Waals surface area contributed by atoms with Crippen molar-refractivity contribution in [3.05, 3.63) is 23.9 Å². The first-order chi connectivity index (χ1) is 15.2. The Morgan fingerprint density at radius 2 is 1.88 bits per heavy atom. The lowest BCUT2D eigenvalue weighted by molar-refractivity contribution is -0.0193. The molecule has 1 N–H and O–H groups in total. The quantitative estimate of drug-likeness (QED) is 0.765. The van der Waals surface area contributed by atoms with E-state index in [1.165, 1.54) is 6.20 Å². The summed E-state index contributed by atoms with van der Waals surface area (Å²) in [4.78, 5) is 33.2. The van der Waals surface area contributed by atoms with E-state index in [1.807, 2.05) is 31.7 Å². The molecule has 0 spiro atoms. The second-order valence-corrected chi connectivity index (χ2v) is 9.87. The molecule has 2 bridgehead atoms. The number of nitrogens with zero attached hydrogens (tertiary/aromatic N) is 4. The highest BCUT2D eigenvalue weighted by atomic mass is 16.6. The number of likely N-dealkylation sites (tertiary alicyclic amines) is 1. The minimum Gasteiger partial charge on any atom is -0.446 e. The normalized spacial score (nSPS) is 27.1. The molecule has 2 amide bonds. The van der Waals surface area contributed by atoms with Gasteiger partial charge in [0.15, 0.2) is 0 Å². The largest absolute Gasteiger partial charge is 0.446 e. The standard InChI is InChI=1S/C23H31N5O4/c1-23(2,3)32-22(30)28-17-5-6-18(28)11-19(10-17)31-21(29)27-9-8-16(14-27)26-20-7-4-15(12-24)13-25-20/h4,7,13,16-19H,5-6,8-11,14H2,1-3H3,(H,25,26)/t16-,17-,18+,19?/m1/s1. The number of anilines is 1. The molecule has 0 saturated carbocycles. The summed E-state index contributed by atoms with van der Waals surface area (Å²) in [5, 5.41) is 12.2. The first kappa shape index (κ1) is 22.2. The molecule has 3 fully saturated rings. The molecule has 32 heavy (non-hydrogen) atoms. The van der Waals surface area contributed by atoms with Crippen LogP contribution in [0.25, 0.3) is 0 Å². The van der Waals surface area contributed by atoms with E-state index in [2.05, 4.69) is 10.3 Å². The summed E-state index contributed by atoms with van der Waals surface area (Å²) >= 11 is 0. The fourth-order valence-electron chi connectivity index (χ4n) is 4.85. The molecule has 9 nitrogen and oxygen atoms in total. The maximum Gasteiger partial charge on any atom is 0.410 e. The second kappa shape index (κ2) is 8.85. The smallest absolute Gasteiger partial charge is 0.410 e. The monoisotopic (exact) mass is 441 g/mol. The number of amides is 2. The number of nitrogens with one attached hydrogen (secondary N) is 1. The highest BCUT2D eigenvalue weighted by Gasteiger charge is 2.46. The number of hydrogen-bond acceptors (Lipinski definition) is 7. The Kier molecular flexibility index (Phi) is 6.13. The fourth-order valence-corrected chi connectivity index (χ4v) is 4.85. The lowest BCUT2D eigenvalue weighted by Crippen LogP contribution is -2.51. The maximum atomic E-state index is 12.8. The lowest BCUT2D eigenvalue weighted by atomic mass is 10.0. The summed E-state index contributed by atoms with van der Waals surface area (Å²) in [6.45, 7) is 6.78. The van der Waals surface area contributed by atoms with Gasteiger partial charge in [0.05, 0.1) is 5.56 Å². The fraction of sp³-hybridized carbons (Fsp3) is 0.652. The van der Waals surface area contributed by atoms with Crippen molar-refractivity contribution in [2.75, 3.05) is 18.4 Å². The summed E-state index contributed by atoms with van der Waals surface area (Å²) in [5.74, 6) is 0.690. The lowest BCUT2D eigenvalue weighted by Gasteiger charge is -2.39. The van der Waals surface area contributed by atoms with Crippen molar-refractivity contribution in [2.24, 2.45) is 0 Å². The Morgan fingerprint density at radius 1 is 1.16 bits per heavy atom. The molecule has 4 rings (SSSR count). The van der Waals surface area contributed by atoms with Crippen LogP contribution in [0, 0.1) is 11.3 Å². The van der Waals surface area contributed by atoms with Gasteiger partial charge in [-0.05, 0) is 52.2 Å². The number of hydrogen-bond donors (Lipinski definition) is 1. The van der Waals surface area contributed by atoms with E-state index in [0.29, 0.717) is 37.3 Å². The molecule has 3 saturated heterocycles. The predicted octanol–water partition coefficient (Wildman–Crippen LogP) is 3.51. The van der Waals surface area contributed by atoms with Gasteiger partial charge in [-0.1, -0.05) is 0 Å². The number of nitriles is 1. The van der Waals surface area contributed by atoms with Gasteiger partial charge in [-0.2, -0.15) is 5.26 Å². The van der Waals surface area contributed by atoms with Crippen LogP contribution >= 0.6 is 0 Å². The van der Waals surface area contributed by atoms with E-state index in [1.54, 1.807) is 17.0 Å². The van der Waals surface area contributed by atoms with Crippen molar-refractivity contribution >= 4 is 18.0 Å². The Morgan fingerprint density at radius 3 is 2.47 bits per heavy atom. The molecular weight excluding hydrogens is 410 g/mol. The van der Waals surface area contributed by atoms with Crippen molar-refractivity contribution in [1.29, 1.82) is 5.26 Å². The summed E-state index contributed by atoms with van der Waals surface area (Å²) in [5.41, 5.74) is -0.00756. The third-order valence-electron chi connectivity index (χ3n) is 6.25. The molecule has 0 aromatic carbocycles. The van der Waals surface area contributed by atoms with E-state index < -0.39 is 5.60 Å². The van der Waals surface area contributed by atoms with Crippen LogP contribution in [-0.4, -0.2) is 69.9 Å². The third kappa shape index (κ3) is 5.06. The maximum absolute atomic E-state index is 12.8. The number of aromatic nitrogens is 1. The SMILES string of the molecule is CC(C)(C)OC(=O)N1[C@@H]2CC[C@H]1CC(OC(=O)N1CC[C@@H](Nc3ccc(C#N)cn3)C1)C2. The van der Waals surface area contributed by atoms with Gasteiger partial charge in [0.25, 0.3) is 0 Å². The molecule has 1 aromatic heterocycles. The minimum absolute atomic E-state index is 0.0665. The number of rotatable bonds is 3. The number of pyridine rings is 1. The van der Waals surface area contributed by atoms with Crippen LogP contribution in [0.15, 0.2) is 18.3 Å². The van der Waals surface area contributed by atoms with E-state index in [0.717, 1.165) is 19.3 Å². The molecule has 0 radical (unpaired) electrons. The van der Waals surface area contributed by atoms with Crippen molar-refractivity contribution in [3.63, 3.8) is 0 Å². The zero-order valence-electron chi connectivity index (χ0n) is 18.9. The van der Waals surface area contributed by atoms with Crippen LogP contribution in [0.1, 0.15) is 58.4 Å². The van der Waals surface area contributed by atoms with E-state index in [4.69, 9.17) is 14.7 Å². The van der Waals surface area contributed by atoms with Gasteiger partial charge in [0.1, 0.15) is 23.6 Å². The van der Waals surface area contributed by atoms with Crippen LogP contribution in [0.2, 0.25) is 0 Å². The molecule has 4 heterocycles. The number of carbonyl (C=O) groups is 2.